The fraction of sp³-hybridized carbons (Fsp3) is 0.714. The molecule has 1 fully saturated rings. The number of hydrogen-bond acceptors (Lipinski definition) is 5. The lowest BCUT2D eigenvalue weighted by Gasteiger charge is -2.27. The van der Waals surface area contributed by atoms with E-state index in [0.717, 1.165) is 25.8 Å². The standard InChI is InChI=1S/C14H23N3O3/c1-11-9-13(16-20-11)15-14(19)6-8-17-7-4-2-3-5-12(17)10-18/h9,12,18H,2-8,10H2,1H3,(H,15,16,19). The number of rotatable bonds is 5. The van der Waals surface area contributed by atoms with Crippen molar-refractivity contribution < 1.29 is 14.4 Å². The van der Waals surface area contributed by atoms with Crippen molar-refractivity contribution in [2.45, 2.75) is 45.1 Å². The second kappa shape index (κ2) is 7.40. The molecule has 1 saturated heterocycles. The monoisotopic (exact) mass is 281 g/mol. The first-order valence-corrected chi connectivity index (χ1v) is 7.27. The smallest absolute Gasteiger partial charge is 0.226 e. The highest BCUT2D eigenvalue weighted by Gasteiger charge is 2.20. The summed E-state index contributed by atoms with van der Waals surface area (Å²) in [6, 6.07) is 1.89. The largest absolute Gasteiger partial charge is 0.395 e. The third-order valence-corrected chi connectivity index (χ3v) is 3.73. The highest BCUT2D eigenvalue weighted by Crippen LogP contribution is 2.17. The molecule has 0 radical (unpaired) electrons. The first kappa shape index (κ1) is 15.0. The van der Waals surface area contributed by atoms with Crippen LogP contribution in [0.3, 0.4) is 0 Å². The highest BCUT2D eigenvalue weighted by atomic mass is 16.5. The lowest BCUT2D eigenvalue weighted by molar-refractivity contribution is -0.116. The van der Waals surface area contributed by atoms with Gasteiger partial charge in [0, 0.05) is 25.1 Å². The van der Waals surface area contributed by atoms with Crippen molar-refractivity contribution >= 4 is 11.7 Å². The molecule has 20 heavy (non-hydrogen) atoms. The molecule has 6 nitrogen and oxygen atoms in total. The third-order valence-electron chi connectivity index (χ3n) is 3.73. The molecule has 1 unspecified atom stereocenters. The minimum absolute atomic E-state index is 0.0702. The molecule has 1 aliphatic heterocycles. The van der Waals surface area contributed by atoms with Crippen molar-refractivity contribution in [3.05, 3.63) is 11.8 Å². The fourth-order valence-electron chi connectivity index (χ4n) is 2.61. The molecule has 1 aromatic rings. The molecule has 2 heterocycles. The molecule has 112 valence electrons. The van der Waals surface area contributed by atoms with Crippen molar-refractivity contribution in [2.24, 2.45) is 0 Å². The molecule has 1 atom stereocenters. The van der Waals surface area contributed by atoms with Crippen LogP contribution in [0.5, 0.6) is 0 Å². The van der Waals surface area contributed by atoms with E-state index in [1.165, 1.54) is 6.42 Å². The first-order chi connectivity index (χ1) is 9.69. The van der Waals surface area contributed by atoms with Crippen LogP contribution in [0.2, 0.25) is 0 Å². The van der Waals surface area contributed by atoms with E-state index < -0.39 is 0 Å². The molecule has 2 N–H and O–H groups in total. The Kier molecular flexibility index (Phi) is 5.55. The van der Waals surface area contributed by atoms with Gasteiger partial charge in [0.1, 0.15) is 5.76 Å². The highest BCUT2D eigenvalue weighted by molar-refractivity contribution is 5.89. The van der Waals surface area contributed by atoms with Crippen LogP contribution >= 0.6 is 0 Å². The summed E-state index contributed by atoms with van der Waals surface area (Å²) in [5.74, 6) is 1.06. The summed E-state index contributed by atoms with van der Waals surface area (Å²) in [6.45, 7) is 3.59. The van der Waals surface area contributed by atoms with Crippen LogP contribution in [-0.2, 0) is 4.79 Å². The van der Waals surface area contributed by atoms with Gasteiger partial charge in [0.2, 0.25) is 5.91 Å². The Hall–Kier alpha value is -1.40. The molecule has 1 amide bonds. The fourth-order valence-corrected chi connectivity index (χ4v) is 2.61. The van der Waals surface area contributed by atoms with Gasteiger partial charge in [0.25, 0.3) is 0 Å². The predicted octanol–water partition coefficient (Wildman–Crippen LogP) is 1.55. The predicted molar refractivity (Wildman–Crippen MR) is 75.4 cm³/mol. The summed E-state index contributed by atoms with van der Waals surface area (Å²) in [5, 5.41) is 15.9. The van der Waals surface area contributed by atoms with E-state index in [-0.39, 0.29) is 18.6 Å². The van der Waals surface area contributed by atoms with Crippen LogP contribution < -0.4 is 5.32 Å². The molecule has 0 bridgehead atoms. The molecular formula is C14H23N3O3. The van der Waals surface area contributed by atoms with Gasteiger partial charge in [-0.2, -0.15) is 0 Å². The number of carbonyl (C=O) groups excluding carboxylic acids is 1. The quantitative estimate of drug-likeness (QED) is 0.856. The molecule has 0 spiro atoms. The topological polar surface area (TPSA) is 78.6 Å². The number of aliphatic hydroxyl groups is 1. The summed E-state index contributed by atoms with van der Waals surface area (Å²) >= 11 is 0. The van der Waals surface area contributed by atoms with Gasteiger partial charge in [-0.3, -0.25) is 9.69 Å². The average Bonchev–Trinajstić information content (AvgIpc) is 2.71. The average molecular weight is 281 g/mol. The van der Waals surface area contributed by atoms with E-state index in [9.17, 15) is 9.90 Å². The number of nitrogens with zero attached hydrogens (tertiary/aromatic N) is 2. The molecule has 0 aromatic carbocycles. The zero-order valence-corrected chi connectivity index (χ0v) is 12.0. The van der Waals surface area contributed by atoms with Crippen molar-refractivity contribution in [1.82, 2.24) is 10.1 Å². The van der Waals surface area contributed by atoms with E-state index in [0.29, 0.717) is 24.5 Å². The molecule has 1 aromatic heterocycles. The minimum Gasteiger partial charge on any atom is -0.395 e. The lowest BCUT2D eigenvalue weighted by Crippen LogP contribution is -2.39. The maximum atomic E-state index is 11.9. The Labute approximate surface area is 119 Å². The summed E-state index contributed by atoms with van der Waals surface area (Å²) in [5.41, 5.74) is 0. The third kappa shape index (κ3) is 4.31. The molecular weight excluding hydrogens is 258 g/mol. The number of aromatic nitrogens is 1. The maximum Gasteiger partial charge on any atom is 0.226 e. The Morgan fingerprint density at radius 3 is 3.10 bits per heavy atom. The van der Waals surface area contributed by atoms with Gasteiger partial charge < -0.3 is 14.9 Å². The normalized spacial score (nSPS) is 20.6. The Morgan fingerprint density at radius 1 is 1.55 bits per heavy atom. The van der Waals surface area contributed by atoms with Crippen molar-refractivity contribution in [3.63, 3.8) is 0 Å². The molecule has 1 aliphatic rings. The van der Waals surface area contributed by atoms with Crippen LogP contribution in [0.1, 0.15) is 37.9 Å². The molecule has 2 rings (SSSR count). The SMILES string of the molecule is Cc1cc(NC(=O)CCN2CCCCCC2CO)no1. The van der Waals surface area contributed by atoms with E-state index in [1.54, 1.807) is 13.0 Å². The number of nitrogens with one attached hydrogen (secondary N) is 1. The summed E-state index contributed by atoms with van der Waals surface area (Å²) < 4.78 is 4.90. The van der Waals surface area contributed by atoms with Crippen LogP contribution in [0.4, 0.5) is 5.82 Å². The van der Waals surface area contributed by atoms with E-state index in [4.69, 9.17) is 4.52 Å². The zero-order chi connectivity index (χ0) is 14.4. The Balaban J connectivity index is 1.79. The summed E-state index contributed by atoms with van der Waals surface area (Å²) in [6.07, 6.45) is 4.92. The van der Waals surface area contributed by atoms with Crippen LogP contribution in [0.15, 0.2) is 10.6 Å². The van der Waals surface area contributed by atoms with Gasteiger partial charge in [-0.05, 0) is 26.3 Å². The first-order valence-electron chi connectivity index (χ1n) is 7.27. The van der Waals surface area contributed by atoms with Gasteiger partial charge in [-0.1, -0.05) is 18.0 Å². The lowest BCUT2D eigenvalue weighted by atomic mass is 10.1. The van der Waals surface area contributed by atoms with Crippen LogP contribution in [0, 0.1) is 6.92 Å². The number of anilines is 1. The van der Waals surface area contributed by atoms with E-state index in [1.807, 2.05) is 0 Å². The number of hydrogen-bond donors (Lipinski definition) is 2. The number of likely N-dealkylation sites (tertiary alicyclic amines) is 1. The van der Waals surface area contributed by atoms with E-state index in [2.05, 4.69) is 15.4 Å². The molecule has 0 saturated carbocycles. The van der Waals surface area contributed by atoms with Gasteiger partial charge in [0.15, 0.2) is 5.82 Å². The Bertz CT molecular complexity index is 433. The van der Waals surface area contributed by atoms with Crippen molar-refractivity contribution in [1.29, 1.82) is 0 Å². The number of amides is 1. The molecule has 0 aliphatic carbocycles. The zero-order valence-electron chi connectivity index (χ0n) is 12.0. The van der Waals surface area contributed by atoms with Crippen LogP contribution in [0.25, 0.3) is 0 Å². The maximum absolute atomic E-state index is 11.9. The summed E-state index contributed by atoms with van der Waals surface area (Å²) in [7, 11) is 0. The van der Waals surface area contributed by atoms with Crippen molar-refractivity contribution in [3.8, 4) is 0 Å². The molecule has 6 heteroatoms. The minimum atomic E-state index is -0.0702. The van der Waals surface area contributed by atoms with Crippen molar-refractivity contribution in [2.75, 3.05) is 25.0 Å². The summed E-state index contributed by atoms with van der Waals surface area (Å²) in [4.78, 5) is 14.1. The number of aliphatic hydroxyl groups excluding tert-OH is 1. The van der Waals surface area contributed by atoms with Gasteiger partial charge in [-0.25, -0.2) is 0 Å². The van der Waals surface area contributed by atoms with E-state index >= 15 is 0 Å². The second-order valence-electron chi connectivity index (χ2n) is 5.34. The van der Waals surface area contributed by atoms with Gasteiger partial charge in [-0.15, -0.1) is 0 Å². The van der Waals surface area contributed by atoms with Gasteiger partial charge in [0.05, 0.1) is 6.61 Å². The Morgan fingerprint density at radius 2 is 2.40 bits per heavy atom. The number of carbonyl (C=O) groups is 1. The second-order valence-corrected chi connectivity index (χ2v) is 5.34. The van der Waals surface area contributed by atoms with Gasteiger partial charge >= 0.3 is 0 Å². The van der Waals surface area contributed by atoms with Crippen LogP contribution in [-0.4, -0.2) is 46.8 Å². The number of aryl methyl sites for hydroxylation is 1.